The number of esters is 1. The molecule has 1 aromatic rings. The zero-order valence-electron chi connectivity index (χ0n) is 10.8. The average Bonchev–Trinajstić information content (AvgIpc) is 3.05. The van der Waals surface area contributed by atoms with Gasteiger partial charge in [0, 0.05) is 5.25 Å². The molecule has 2 atom stereocenters. The summed E-state index contributed by atoms with van der Waals surface area (Å²) in [6.07, 6.45) is 4.38. The molecule has 0 radical (unpaired) electrons. The maximum absolute atomic E-state index is 11.8. The van der Waals surface area contributed by atoms with Gasteiger partial charge in [-0.2, -0.15) is 11.8 Å². The molecule has 1 saturated carbocycles. The summed E-state index contributed by atoms with van der Waals surface area (Å²) in [5, 5.41) is 3.61. The molecule has 0 spiro atoms. The van der Waals surface area contributed by atoms with Crippen LogP contribution in [0.25, 0.3) is 0 Å². The molecule has 1 aliphatic rings. The van der Waals surface area contributed by atoms with Gasteiger partial charge in [0.05, 0.1) is 19.1 Å². The monoisotopic (exact) mass is 269 g/mol. The highest BCUT2D eigenvalue weighted by Crippen LogP contribution is 2.38. The van der Waals surface area contributed by atoms with Crippen molar-refractivity contribution in [1.29, 1.82) is 0 Å². The van der Waals surface area contributed by atoms with Crippen LogP contribution in [0.15, 0.2) is 22.8 Å². The largest absolute Gasteiger partial charge is 0.468 e. The Morgan fingerprint density at radius 2 is 2.56 bits per heavy atom. The number of ether oxygens (including phenoxy) is 1. The molecule has 100 valence electrons. The number of thioether (sulfide) groups is 1. The predicted molar refractivity (Wildman–Crippen MR) is 71.4 cm³/mol. The van der Waals surface area contributed by atoms with Crippen LogP contribution in [-0.2, 0) is 15.3 Å². The minimum absolute atomic E-state index is 0.147. The minimum atomic E-state index is -0.490. The summed E-state index contributed by atoms with van der Waals surface area (Å²) in [5.41, 5.74) is -0.490. The fourth-order valence-electron chi connectivity index (χ4n) is 2.45. The summed E-state index contributed by atoms with van der Waals surface area (Å²) in [6.45, 7) is 0. The maximum Gasteiger partial charge on any atom is 0.326 e. The smallest absolute Gasteiger partial charge is 0.326 e. The first kappa shape index (κ1) is 13.5. The van der Waals surface area contributed by atoms with Crippen LogP contribution in [0.2, 0.25) is 0 Å². The lowest BCUT2D eigenvalue weighted by atomic mass is 9.98. The van der Waals surface area contributed by atoms with Gasteiger partial charge >= 0.3 is 5.97 Å². The molecule has 1 heterocycles. The number of methoxy groups -OCH3 is 1. The molecular formula is C13H19NO3S. The first-order valence-corrected chi connectivity index (χ1v) is 7.16. The number of carbonyl (C=O) groups is 1. The van der Waals surface area contributed by atoms with E-state index in [-0.39, 0.29) is 5.97 Å². The van der Waals surface area contributed by atoms with Crippen LogP contribution in [0.4, 0.5) is 0 Å². The molecule has 4 nitrogen and oxygen atoms in total. The summed E-state index contributed by atoms with van der Waals surface area (Å²) in [7, 11) is 3.28. The fourth-order valence-corrected chi connectivity index (χ4v) is 3.70. The van der Waals surface area contributed by atoms with E-state index in [1.54, 1.807) is 6.26 Å². The number of hydrogen-bond donors (Lipinski definition) is 1. The standard InChI is InChI=1S/C13H19NO3S/c1-14-13(12(15)16-2)6-5-11(8-13)18-9-10-4-3-7-17-10/h3-4,7,11,14H,5-6,8-9H2,1-2H3. The second-order valence-electron chi connectivity index (χ2n) is 4.58. The van der Waals surface area contributed by atoms with Crippen molar-refractivity contribution in [2.45, 2.75) is 35.8 Å². The zero-order chi connectivity index (χ0) is 13.0. The number of hydrogen-bond acceptors (Lipinski definition) is 5. The highest BCUT2D eigenvalue weighted by Gasteiger charge is 2.45. The summed E-state index contributed by atoms with van der Waals surface area (Å²) >= 11 is 1.85. The molecule has 2 unspecified atom stereocenters. The van der Waals surface area contributed by atoms with Gasteiger partial charge in [0.2, 0.25) is 0 Å². The van der Waals surface area contributed by atoms with Gasteiger partial charge in [0.15, 0.2) is 0 Å². The van der Waals surface area contributed by atoms with E-state index in [1.165, 1.54) is 7.11 Å². The molecular weight excluding hydrogens is 250 g/mol. The van der Waals surface area contributed by atoms with Gasteiger partial charge < -0.3 is 14.5 Å². The van der Waals surface area contributed by atoms with Crippen molar-refractivity contribution in [3.05, 3.63) is 24.2 Å². The van der Waals surface area contributed by atoms with Crippen LogP contribution in [0.5, 0.6) is 0 Å². The first-order chi connectivity index (χ1) is 8.70. The van der Waals surface area contributed by atoms with Gasteiger partial charge in [-0.3, -0.25) is 4.79 Å². The van der Waals surface area contributed by atoms with Crippen molar-refractivity contribution in [2.75, 3.05) is 14.2 Å². The molecule has 0 aliphatic heterocycles. The summed E-state index contributed by atoms with van der Waals surface area (Å²) in [4.78, 5) is 11.8. The lowest BCUT2D eigenvalue weighted by Gasteiger charge is -2.25. The van der Waals surface area contributed by atoms with Crippen LogP contribution >= 0.6 is 11.8 Å². The Labute approximate surface area is 111 Å². The van der Waals surface area contributed by atoms with Gasteiger partial charge in [-0.25, -0.2) is 0 Å². The van der Waals surface area contributed by atoms with Crippen LogP contribution in [0, 0.1) is 0 Å². The van der Waals surface area contributed by atoms with Crippen molar-refractivity contribution in [3.8, 4) is 0 Å². The molecule has 18 heavy (non-hydrogen) atoms. The fraction of sp³-hybridized carbons (Fsp3) is 0.615. The lowest BCUT2D eigenvalue weighted by molar-refractivity contribution is -0.148. The molecule has 1 fully saturated rings. The third kappa shape index (κ3) is 2.72. The third-order valence-electron chi connectivity index (χ3n) is 3.57. The SMILES string of the molecule is CNC1(C(=O)OC)CCC(SCc2ccco2)C1. The molecule has 5 heteroatoms. The van der Waals surface area contributed by atoms with E-state index < -0.39 is 5.54 Å². The highest BCUT2D eigenvalue weighted by molar-refractivity contribution is 7.99. The normalized spacial score (nSPS) is 27.3. The number of rotatable bonds is 5. The van der Waals surface area contributed by atoms with E-state index in [0.717, 1.165) is 30.8 Å². The van der Waals surface area contributed by atoms with Gasteiger partial charge in [-0.15, -0.1) is 0 Å². The predicted octanol–water partition coefficient (Wildman–Crippen LogP) is 2.20. The van der Waals surface area contributed by atoms with Crippen LogP contribution < -0.4 is 5.32 Å². The topological polar surface area (TPSA) is 51.5 Å². The first-order valence-electron chi connectivity index (χ1n) is 6.11. The van der Waals surface area contributed by atoms with Gasteiger partial charge in [0.25, 0.3) is 0 Å². The Bertz CT molecular complexity index is 393. The Hall–Kier alpha value is -0.940. The summed E-state index contributed by atoms with van der Waals surface area (Å²) < 4.78 is 10.2. The second-order valence-corrected chi connectivity index (χ2v) is 5.87. The maximum atomic E-state index is 11.8. The Morgan fingerprint density at radius 3 is 3.17 bits per heavy atom. The average molecular weight is 269 g/mol. The molecule has 1 aromatic heterocycles. The quantitative estimate of drug-likeness (QED) is 0.830. The van der Waals surface area contributed by atoms with E-state index in [9.17, 15) is 4.79 Å². The summed E-state index contributed by atoms with van der Waals surface area (Å²) in [6, 6.07) is 3.88. The number of carbonyl (C=O) groups excluding carboxylic acids is 1. The van der Waals surface area contributed by atoms with E-state index >= 15 is 0 Å². The molecule has 0 amide bonds. The van der Waals surface area contributed by atoms with Crippen LogP contribution in [0.3, 0.4) is 0 Å². The van der Waals surface area contributed by atoms with Gasteiger partial charge in [-0.1, -0.05) is 0 Å². The van der Waals surface area contributed by atoms with Gasteiger partial charge in [0.1, 0.15) is 11.3 Å². The Morgan fingerprint density at radius 1 is 1.72 bits per heavy atom. The van der Waals surface area contributed by atoms with Crippen molar-refractivity contribution in [1.82, 2.24) is 5.32 Å². The Balaban J connectivity index is 1.89. The van der Waals surface area contributed by atoms with E-state index in [0.29, 0.717) is 5.25 Å². The van der Waals surface area contributed by atoms with E-state index in [2.05, 4.69) is 5.32 Å². The number of likely N-dealkylation sites (N-methyl/N-ethyl adjacent to an activating group) is 1. The second kappa shape index (κ2) is 5.80. The third-order valence-corrected chi connectivity index (χ3v) is 4.89. The molecule has 2 rings (SSSR count). The molecule has 0 bridgehead atoms. The number of nitrogens with one attached hydrogen (secondary N) is 1. The highest BCUT2D eigenvalue weighted by atomic mass is 32.2. The molecule has 1 aliphatic carbocycles. The zero-order valence-corrected chi connectivity index (χ0v) is 11.6. The van der Waals surface area contributed by atoms with E-state index in [4.69, 9.17) is 9.15 Å². The summed E-state index contributed by atoms with van der Waals surface area (Å²) in [5.74, 6) is 1.70. The van der Waals surface area contributed by atoms with Crippen molar-refractivity contribution >= 4 is 17.7 Å². The molecule has 0 saturated heterocycles. The Kier molecular flexibility index (Phi) is 4.35. The van der Waals surface area contributed by atoms with Crippen LogP contribution in [-0.4, -0.2) is 30.9 Å². The van der Waals surface area contributed by atoms with E-state index in [1.807, 2.05) is 30.9 Å². The molecule has 0 aromatic carbocycles. The van der Waals surface area contributed by atoms with Gasteiger partial charge in [-0.05, 0) is 38.4 Å². The van der Waals surface area contributed by atoms with Crippen LogP contribution in [0.1, 0.15) is 25.0 Å². The lowest BCUT2D eigenvalue weighted by Crippen LogP contribution is -2.49. The minimum Gasteiger partial charge on any atom is -0.468 e. The van der Waals surface area contributed by atoms with Crippen molar-refractivity contribution < 1.29 is 13.9 Å². The number of furan rings is 1. The van der Waals surface area contributed by atoms with Crippen molar-refractivity contribution in [2.24, 2.45) is 0 Å². The molecule has 1 N–H and O–H groups in total. The van der Waals surface area contributed by atoms with Crippen molar-refractivity contribution in [3.63, 3.8) is 0 Å².